The highest BCUT2D eigenvalue weighted by Gasteiger charge is 2.38. The maximum absolute atomic E-state index is 13.3. The van der Waals surface area contributed by atoms with Crippen LogP contribution in [0.2, 0.25) is 5.02 Å². The van der Waals surface area contributed by atoms with Crippen molar-refractivity contribution < 1.29 is 21.6 Å². The van der Waals surface area contributed by atoms with E-state index in [1.54, 1.807) is 6.07 Å². The van der Waals surface area contributed by atoms with Gasteiger partial charge in [0, 0.05) is 5.02 Å². The summed E-state index contributed by atoms with van der Waals surface area (Å²) >= 11 is 5.86. The molecule has 136 valence electrons. The van der Waals surface area contributed by atoms with E-state index < -0.39 is 33.3 Å². The summed E-state index contributed by atoms with van der Waals surface area (Å²) < 4.78 is 66.9. The van der Waals surface area contributed by atoms with Crippen LogP contribution < -0.4 is 4.72 Å². The van der Waals surface area contributed by atoms with Crippen LogP contribution in [0.5, 0.6) is 0 Å². The summed E-state index contributed by atoms with van der Waals surface area (Å²) in [6, 6.07) is 12.9. The summed E-state index contributed by atoms with van der Waals surface area (Å²) in [4.78, 5) is -0.103. The van der Waals surface area contributed by atoms with E-state index in [1.807, 2.05) is 5.10 Å². The molecule has 3 aromatic rings. The van der Waals surface area contributed by atoms with Crippen molar-refractivity contribution in [2.24, 2.45) is 0 Å². The molecule has 26 heavy (non-hydrogen) atoms. The summed E-state index contributed by atoms with van der Waals surface area (Å²) in [7, 11) is -4.12. The monoisotopic (exact) mass is 401 g/mol. The fourth-order valence-electron chi connectivity index (χ4n) is 2.33. The van der Waals surface area contributed by atoms with Gasteiger partial charge in [0.1, 0.15) is 5.69 Å². The molecule has 0 bridgehead atoms. The molecule has 0 atom stereocenters. The van der Waals surface area contributed by atoms with Gasteiger partial charge in [0.15, 0.2) is 5.82 Å². The molecule has 0 aliphatic carbocycles. The lowest BCUT2D eigenvalue weighted by atomic mass is 10.1. The normalized spacial score (nSPS) is 12.2. The molecule has 0 aliphatic rings. The number of aromatic amines is 1. The molecular weight excluding hydrogens is 391 g/mol. The highest BCUT2D eigenvalue weighted by molar-refractivity contribution is 7.92. The molecule has 0 radical (unpaired) electrons. The fourth-order valence-corrected chi connectivity index (χ4v) is 3.56. The van der Waals surface area contributed by atoms with Crippen LogP contribution in [0.3, 0.4) is 0 Å². The molecule has 0 amide bonds. The van der Waals surface area contributed by atoms with Gasteiger partial charge in [-0.3, -0.25) is 9.82 Å². The molecule has 2 N–H and O–H groups in total. The topological polar surface area (TPSA) is 74.8 Å². The van der Waals surface area contributed by atoms with E-state index >= 15 is 0 Å². The third-order valence-electron chi connectivity index (χ3n) is 3.45. The zero-order chi connectivity index (χ0) is 18.9. The van der Waals surface area contributed by atoms with E-state index in [-0.39, 0.29) is 15.5 Å². The Morgan fingerprint density at radius 2 is 1.73 bits per heavy atom. The number of H-pyrrole nitrogens is 1. The molecular formula is C16H11ClF3N3O2S. The Hall–Kier alpha value is -2.52. The minimum atomic E-state index is -4.76. The Morgan fingerprint density at radius 3 is 2.35 bits per heavy atom. The summed E-state index contributed by atoms with van der Waals surface area (Å²) in [5.41, 5.74) is -1.53. The molecule has 3 rings (SSSR count). The molecule has 0 saturated carbocycles. The number of rotatable bonds is 4. The number of nitrogens with zero attached hydrogens (tertiary/aromatic N) is 1. The van der Waals surface area contributed by atoms with Crippen molar-refractivity contribution in [3.05, 3.63) is 65.3 Å². The number of sulfonamides is 1. The maximum atomic E-state index is 13.3. The van der Waals surface area contributed by atoms with E-state index in [4.69, 9.17) is 11.6 Å². The van der Waals surface area contributed by atoms with Crippen LogP contribution in [0.4, 0.5) is 19.0 Å². The van der Waals surface area contributed by atoms with Gasteiger partial charge in [0.25, 0.3) is 10.0 Å². The van der Waals surface area contributed by atoms with Crippen molar-refractivity contribution in [2.45, 2.75) is 11.1 Å². The van der Waals surface area contributed by atoms with Crippen LogP contribution in [-0.4, -0.2) is 18.6 Å². The molecule has 0 saturated heterocycles. The number of halogens is 4. The van der Waals surface area contributed by atoms with Gasteiger partial charge in [-0.2, -0.15) is 18.3 Å². The molecule has 0 unspecified atom stereocenters. The van der Waals surface area contributed by atoms with Crippen molar-refractivity contribution in [3.63, 3.8) is 0 Å². The third-order valence-corrected chi connectivity index (χ3v) is 5.04. The fraction of sp³-hybridized carbons (Fsp3) is 0.0625. The van der Waals surface area contributed by atoms with E-state index in [2.05, 4.69) is 9.82 Å². The Bertz CT molecular complexity index is 1030. The number of hydrogen-bond acceptors (Lipinski definition) is 3. The van der Waals surface area contributed by atoms with Crippen LogP contribution in [0.25, 0.3) is 11.1 Å². The lowest BCUT2D eigenvalue weighted by Gasteiger charge is -2.11. The van der Waals surface area contributed by atoms with Crippen molar-refractivity contribution in [2.75, 3.05) is 4.72 Å². The number of hydrogen-bond donors (Lipinski definition) is 2. The maximum Gasteiger partial charge on any atom is 0.433 e. The van der Waals surface area contributed by atoms with Crippen LogP contribution in [-0.2, 0) is 16.2 Å². The largest absolute Gasteiger partial charge is 0.433 e. The number of aromatic nitrogens is 2. The zero-order valence-corrected chi connectivity index (χ0v) is 14.5. The van der Waals surface area contributed by atoms with Crippen LogP contribution in [0.15, 0.2) is 59.5 Å². The summed E-state index contributed by atoms with van der Waals surface area (Å²) in [5, 5.41) is 5.58. The van der Waals surface area contributed by atoms with Crippen LogP contribution in [0.1, 0.15) is 5.69 Å². The van der Waals surface area contributed by atoms with Crippen LogP contribution >= 0.6 is 11.6 Å². The van der Waals surface area contributed by atoms with Gasteiger partial charge in [-0.1, -0.05) is 41.9 Å². The highest BCUT2D eigenvalue weighted by Crippen LogP contribution is 2.40. The molecule has 0 aliphatic heterocycles. The molecule has 1 aromatic heterocycles. The molecule has 0 fully saturated rings. The number of anilines is 1. The molecule has 10 heteroatoms. The third kappa shape index (κ3) is 3.68. The first-order valence-electron chi connectivity index (χ1n) is 7.18. The smallest absolute Gasteiger partial charge is 0.271 e. The second-order valence-electron chi connectivity index (χ2n) is 5.25. The average molecular weight is 402 g/mol. The molecule has 2 aromatic carbocycles. The quantitative estimate of drug-likeness (QED) is 0.673. The first-order valence-corrected chi connectivity index (χ1v) is 9.04. The Morgan fingerprint density at radius 1 is 1.04 bits per heavy atom. The number of nitrogens with one attached hydrogen (secondary N) is 2. The molecule has 0 spiro atoms. The van der Waals surface area contributed by atoms with Gasteiger partial charge in [-0.15, -0.1) is 0 Å². The Balaban J connectivity index is 2.13. The number of benzene rings is 2. The Labute approximate surface area is 151 Å². The first-order chi connectivity index (χ1) is 12.2. The second-order valence-corrected chi connectivity index (χ2v) is 7.37. The van der Waals surface area contributed by atoms with Gasteiger partial charge in [-0.05, 0) is 29.8 Å². The summed E-state index contributed by atoms with van der Waals surface area (Å²) in [6.07, 6.45) is -4.76. The van der Waals surface area contributed by atoms with Gasteiger partial charge in [0.05, 0.1) is 10.5 Å². The molecule has 1 heterocycles. The second kappa shape index (κ2) is 6.65. The predicted octanol–water partition coefficient (Wildman–Crippen LogP) is 4.55. The van der Waals surface area contributed by atoms with Crippen molar-refractivity contribution in [1.82, 2.24) is 10.2 Å². The molecule has 5 nitrogen and oxygen atoms in total. The average Bonchev–Trinajstić information content (AvgIpc) is 2.99. The van der Waals surface area contributed by atoms with Gasteiger partial charge in [-0.25, -0.2) is 8.42 Å². The standard InChI is InChI=1S/C16H11ClF3N3O2S/c17-11-6-4-5-10(9-11)13-14(16(18,19)20)21-22-15(13)23-26(24,25)12-7-2-1-3-8-12/h1-9H,(H2,21,22,23). The van der Waals surface area contributed by atoms with E-state index in [9.17, 15) is 21.6 Å². The van der Waals surface area contributed by atoms with Crippen LogP contribution in [0, 0.1) is 0 Å². The van der Waals surface area contributed by atoms with E-state index in [0.717, 1.165) is 0 Å². The SMILES string of the molecule is O=S(=O)(Nc1n[nH]c(C(F)(F)F)c1-c1cccc(Cl)c1)c1ccccc1. The van der Waals surface area contributed by atoms with Crippen molar-refractivity contribution >= 4 is 27.4 Å². The predicted molar refractivity (Wildman–Crippen MR) is 91.3 cm³/mol. The summed E-state index contributed by atoms with van der Waals surface area (Å²) in [6.45, 7) is 0. The zero-order valence-electron chi connectivity index (χ0n) is 12.9. The van der Waals surface area contributed by atoms with Gasteiger partial charge < -0.3 is 0 Å². The summed E-state index contributed by atoms with van der Waals surface area (Å²) in [5.74, 6) is -0.469. The lowest BCUT2D eigenvalue weighted by molar-refractivity contribution is -0.140. The lowest BCUT2D eigenvalue weighted by Crippen LogP contribution is -2.14. The van der Waals surface area contributed by atoms with Crippen molar-refractivity contribution in [1.29, 1.82) is 0 Å². The van der Waals surface area contributed by atoms with E-state index in [0.29, 0.717) is 0 Å². The Kier molecular flexibility index (Phi) is 4.68. The van der Waals surface area contributed by atoms with E-state index in [1.165, 1.54) is 48.5 Å². The van der Waals surface area contributed by atoms with Gasteiger partial charge in [0.2, 0.25) is 0 Å². The minimum Gasteiger partial charge on any atom is -0.271 e. The number of alkyl halides is 3. The first kappa shape index (κ1) is 18.3. The minimum absolute atomic E-state index is 0.0735. The van der Waals surface area contributed by atoms with Gasteiger partial charge >= 0.3 is 6.18 Å². The highest BCUT2D eigenvalue weighted by atomic mass is 35.5. The van der Waals surface area contributed by atoms with Crippen molar-refractivity contribution in [3.8, 4) is 11.1 Å².